The average Bonchev–Trinajstić information content (AvgIpc) is 3.47. The molecule has 0 radical (unpaired) electrons. The van der Waals surface area contributed by atoms with Crippen LogP contribution in [0.15, 0.2) is 41.9 Å². The number of thiazole rings is 1. The lowest BCUT2D eigenvalue weighted by Crippen LogP contribution is -2.27. The van der Waals surface area contributed by atoms with Crippen LogP contribution in [0.5, 0.6) is 5.75 Å². The zero-order valence-corrected chi connectivity index (χ0v) is 18.6. The van der Waals surface area contributed by atoms with Gasteiger partial charge in [0, 0.05) is 43.2 Å². The highest BCUT2D eigenvalue weighted by atomic mass is 32.1. The first-order chi connectivity index (χ1) is 15.7. The summed E-state index contributed by atoms with van der Waals surface area (Å²) in [6, 6.07) is 11.7. The van der Waals surface area contributed by atoms with Gasteiger partial charge in [-0.15, -0.1) is 11.3 Å². The van der Waals surface area contributed by atoms with Crippen molar-refractivity contribution in [1.82, 2.24) is 19.9 Å². The zero-order valence-electron chi connectivity index (χ0n) is 17.8. The minimum Gasteiger partial charge on any atom is -0.496 e. The maximum Gasteiger partial charge on any atom is 0.222 e. The van der Waals surface area contributed by atoms with Crippen LogP contribution >= 0.6 is 11.3 Å². The SMILES string of the molecule is COc1ccccc1-c1csc(C(C#N)c2ccnc(NCCCN3CCCC3=O)n2)n1. The third-order valence-electron chi connectivity index (χ3n) is 5.31. The molecule has 3 aromatic rings. The second-order valence-electron chi connectivity index (χ2n) is 7.40. The summed E-state index contributed by atoms with van der Waals surface area (Å²) in [5.74, 6) is 0.851. The van der Waals surface area contributed by atoms with E-state index in [1.54, 1.807) is 19.4 Å². The maximum absolute atomic E-state index is 11.7. The standard InChI is InChI=1S/C23H24N6O2S/c1-31-20-7-3-2-6-16(20)19-15-32-22(27-19)17(14-24)18-9-11-26-23(28-18)25-10-5-13-29-12-4-8-21(29)30/h2-3,6-7,9,11,15,17H,4-5,8,10,12-13H2,1H3,(H,25,26,28). The number of aromatic nitrogens is 3. The van der Waals surface area contributed by atoms with Gasteiger partial charge < -0.3 is 15.0 Å². The van der Waals surface area contributed by atoms with Crippen molar-refractivity contribution in [3.63, 3.8) is 0 Å². The minimum absolute atomic E-state index is 0.232. The van der Waals surface area contributed by atoms with Crippen LogP contribution in [0.25, 0.3) is 11.3 Å². The molecule has 4 rings (SSSR count). The number of ether oxygens (including phenoxy) is 1. The molecule has 1 aromatic carbocycles. The number of nitriles is 1. The Hall–Kier alpha value is -3.51. The van der Waals surface area contributed by atoms with Gasteiger partial charge in [-0.2, -0.15) is 5.26 Å². The van der Waals surface area contributed by atoms with Gasteiger partial charge in [0.05, 0.1) is 24.6 Å². The molecule has 1 unspecified atom stereocenters. The number of para-hydroxylation sites is 1. The van der Waals surface area contributed by atoms with E-state index in [-0.39, 0.29) is 5.91 Å². The number of hydrogen-bond donors (Lipinski definition) is 1. The monoisotopic (exact) mass is 448 g/mol. The molecule has 0 saturated carbocycles. The van der Waals surface area contributed by atoms with E-state index in [0.717, 1.165) is 42.9 Å². The Morgan fingerprint density at radius 3 is 2.97 bits per heavy atom. The van der Waals surface area contributed by atoms with E-state index in [9.17, 15) is 10.1 Å². The molecule has 1 aliphatic heterocycles. The molecule has 0 aliphatic carbocycles. The summed E-state index contributed by atoms with van der Waals surface area (Å²) >= 11 is 1.43. The number of likely N-dealkylation sites (tertiary alicyclic amines) is 1. The first-order valence-corrected chi connectivity index (χ1v) is 11.4. The van der Waals surface area contributed by atoms with Crippen LogP contribution in [0.1, 0.15) is 35.9 Å². The number of anilines is 1. The van der Waals surface area contributed by atoms with Crippen molar-refractivity contribution in [2.75, 3.05) is 32.1 Å². The average molecular weight is 449 g/mol. The minimum atomic E-state index is -0.589. The van der Waals surface area contributed by atoms with Crippen LogP contribution in [0.4, 0.5) is 5.95 Å². The van der Waals surface area contributed by atoms with Gasteiger partial charge >= 0.3 is 0 Å². The van der Waals surface area contributed by atoms with Crippen molar-refractivity contribution < 1.29 is 9.53 Å². The third-order valence-corrected chi connectivity index (χ3v) is 6.22. The fourth-order valence-corrected chi connectivity index (χ4v) is 4.55. The number of carbonyl (C=O) groups excluding carboxylic acids is 1. The molecule has 3 heterocycles. The number of nitrogens with one attached hydrogen (secondary N) is 1. The Kier molecular flexibility index (Phi) is 6.92. The topological polar surface area (TPSA) is 104 Å². The Bertz CT molecular complexity index is 1130. The fraction of sp³-hybridized carbons (Fsp3) is 0.348. The first kappa shape index (κ1) is 21.7. The van der Waals surface area contributed by atoms with Gasteiger partial charge in [0.2, 0.25) is 11.9 Å². The van der Waals surface area contributed by atoms with Gasteiger partial charge in [-0.3, -0.25) is 4.79 Å². The Labute approximate surface area is 190 Å². The van der Waals surface area contributed by atoms with E-state index in [0.29, 0.717) is 29.6 Å². The van der Waals surface area contributed by atoms with Crippen LogP contribution in [0, 0.1) is 11.3 Å². The summed E-state index contributed by atoms with van der Waals surface area (Å²) in [4.78, 5) is 27.1. The highest BCUT2D eigenvalue weighted by Crippen LogP contribution is 2.34. The summed E-state index contributed by atoms with van der Waals surface area (Å²) in [7, 11) is 1.63. The molecule has 9 heteroatoms. The van der Waals surface area contributed by atoms with Gasteiger partial charge in [-0.05, 0) is 31.0 Å². The van der Waals surface area contributed by atoms with Crippen LogP contribution in [-0.2, 0) is 4.79 Å². The molecular weight excluding hydrogens is 424 g/mol. The van der Waals surface area contributed by atoms with Crippen molar-refractivity contribution in [3.8, 4) is 23.1 Å². The molecule has 0 bridgehead atoms. The van der Waals surface area contributed by atoms with Crippen molar-refractivity contribution in [3.05, 3.63) is 52.6 Å². The number of nitrogens with zero attached hydrogens (tertiary/aromatic N) is 5. The van der Waals surface area contributed by atoms with E-state index >= 15 is 0 Å². The van der Waals surface area contributed by atoms with E-state index < -0.39 is 5.92 Å². The van der Waals surface area contributed by atoms with Crippen LogP contribution < -0.4 is 10.1 Å². The van der Waals surface area contributed by atoms with E-state index in [2.05, 4.69) is 21.4 Å². The van der Waals surface area contributed by atoms with Gasteiger partial charge in [0.15, 0.2) is 0 Å². The number of methoxy groups -OCH3 is 1. The Balaban J connectivity index is 1.43. The van der Waals surface area contributed by atoms with Gasteiger partial charge in [-0.25, -0.2) is 15.0 Å². The molecular formula is C23H24N6O2S. The van der Waals surface area contributed by atoms with Gasteiger partial charge in [0.25, 0.3) is 0 Å². The molecule has 1 N–H and O–H groups in total. The summed E-state index contributed by atoms with van der Waals surface area (Å²) < 4.78 is 5.43. The Morgan fingerprint density at radius 2 is 2.19 bits per heavy atom. The fourth-order valence-electron chi connectivity index (χ4n) is 3.68. The Morgan fingerprint density at radius 1 is 1.31 bits per heavy atom. The molecule has 1 aliphatic rings. The predicted molar refractivity (Wildman–Crippen MR) is 123 cm³/mol. The van der Waals surface area contributed by atoms with Crippen molar-refractivity contribution >= 4 is 23.2 Å². The smallest absolute Gasteiger partial charge is 0.222 e. The van der Waals surface area contributed by atoms with E-state index in [1.807, 2.05) is 34.5 Å². The number of hydrogen-bond acceptors (Lipinski definition) is 8. The summed E-state index contributed by atoms with van der Waals surface area (Å²) in [5.41, 5.74) is 2.25. The normalized spacial score (nSPS) is 14.2. The highest BCUT2D eigenvalue weighted by molar-refractivity contribution is 7.10. The molecule has 1 atom stereocenters. The maximum atomic E-state index is 11.7. The van der Waals surface area contributed by atoms with E-state index in [4.69, 9.17) is 9.72 Å². The van der Waals surface area contributed by atoms with E-state index in [1.165, 1.54) is 11.3 Å². The second-order valence-corrected chi connectivity index (χ2v) is 8.29. The summed E-state index contributed by atoms with van der Waals surface area (Å²) in [6.45, 7) is 2.23. The van der Waals surface area contributed by atoms with Gasteiger partial charge in [0.1, 0.15) is 16.7 Å². The molecule has 1 fully saturated rings. The first-order valence-electron chi connectivity index (χ1n) is 10.5. The zero-order chi connectivity index (χ0) is 22.3. The number of carbonyl (C=O) groups is 1. The second kappa shape index (κ2) is 10.2. The quantitative estimate of drug-likeness (QED) is 0.498. The van der Waals surface area contributed by atoms with Crippen molar-refractivity contribution in [2.24, 2.45) is 0 Å². The van der Waals surface area contributed by atoms with Crippen LogP contribution in [0.3, 0.4) is 0 Å². The van der Waals surface area contributed by atoms with Crippen molar-refractivity contribution in [1.29, 1.82) is 5.26 Å². The molecule has 2 aromatic heterocycles. The summed E-state index contributed by atoms with van der Waals surface area (Å²) in [5, 5.41) is 15.6. The summed E-state index contributed by atoms with van der Waals surface area (Å²) in [6.07, 6.45) is 4.07. The van der Waals surface area contributed by atoms with Crippen molar-refractivity contribution in [2.45, 2.75) is 25.2 Å². The van der Waals surface area contributed by atoms with Crippen LogP contribution in [0.2, 0.25) is 0 Å². The lowest BCUT2D eigenvalue weighted by atomic mass is 10.1. The number of rotatable bonds is 9. The molecule has 164 valence electrons. The molecule has 0 spiro atoms. The lowest BCUT2D eigenvalue weighted by molar-refractivity contribution is -0.127. The molecule has 8 nitrogen and oxygen atoms in total. The number of amides is 1. The predicted octanol–water partition coefficient (Wildman–Crippen LogP) is 3.69. The highest BCUT2D eigenvalue weighted by Gasteiger charge is 2.21. The lowest BCUT2D eigenvalue weighted by Gasteiger charge is -2.15. The van der Waals surface area contributed by atoms with Crippen LogP contribution in [-0.4, -0.2) is 52.5 Å². The van der Waals surface area contributed by atoms with Gasteiger partial charge in [-0.1, -0.05) is 12.1 Å². The molecule has 1 saturated heterocycles. The molecule has 32 heavy (non-hydrogen) atoms. The molecule has 1 amide bonds. The largest absolute Gasteiger partial charge is 0.496 e. The number of benzene rings is 1. The third kappa shape index (κ3) is 4.86.